The molecule has 0 atom stereocenters. The van der Waals surface area contributed by atoms with Gasteiger partial charge >= 0.3 is 5.97 Å². The van der Waals surface area contributed by atoms with Crippen molar-refractivity contribution in [2.24, 2.45) is 0 Å². The van der Waals surface area contributed by atoms with E-state index in [0.717, 1.165) is 13.1 Å². The zero-order valence-electron chi connectivity index (χ0n) is 11.0. The summed E-state index contributed by atoms with van der Waals surface area (Å²) in [6.07, 6.45) is 0. The van der Waals surface area contributed by atoms with Crippen molar-refractivity contribution in [3.63, 3.8) is 0 Å². The van der Waals surface area contributed by atoms with Crippen molar-refractivity contribution in [3.8, 4) is 0 Å². The summed E-state index contributed by atoms with van der Waals surface area (Å²) in [5.41, 5.74) is 0.271. The predicted octanol–water partition coefficient (Wildman–Crippen LogP) is 1.08. The average molecular weight is 280 g/mol. The molecule has 0 amide bonds. The normalized spacial score (nSPS) is 15.8. The van der Waals surface area contributed by atoms with Crippen LogP contribution in [0.15, 0.2) is 24.3 Å². The van der Waals surface area contributed by atoms with Crippen LogP contribution in [0.1, 0.15) is 10.4 Å². The number of morpholine rings is 1. The van der Waals surface area contributed by atoms with Gasteiger partial charge in [-0.3, -0.25) is 15.0 Å². The van der Waals surface area contributed by atoms with Crippen LogP contribution in [0.5, 0.6) is 0 Å². The third kappa shape index (κ3) is 4.01. The Morgan fingerprint density at radius 3 is 2.55 bits per heavy atom. The molecule has 0 radical (unpaired) electrons. The van der Waals surface area contributed by atoms with Gasteiger partial charge in [0.05, 0.1) is 23.7 Å². The highest BCUT2D eigenvalue weighted by molar-refractivity contribution is 5.89. The van der Waals surface area contributed by atoms with Gasteiger partial charge in [-0.2, -0.15) is 0 Å². The molecule has 1 aromatic rings. The molecule has 1 fully saturated rings. The molecule has 1 aliphatic rings. The van der Waals surface area contributed by atoms with E-state index in [0.29, 0.717) is 31.9 Å². The van der Waals surface area contributed by atoms with Crippen LogP contribution in [0.2, 0.25) is 0 Å². The van der Waals surface area contributed by atoms with E-state index in [1.165, 1.54) is 24.3 Å². The van der Waals surface area contributed by atoms with Gasteiger partial charge in [0, 0.05) is 31.8 Å². The summed E-state index contributed by atoms with van der Waals surface area (Å²) in [6, 6.07) is 5.38. The van der Waals surface area contributed by atoms with Crippen LogP contribution < -0.4 is 0 Å². The zero-order chi connectivity index (χ0) is 14.4. The van der Waals surface area contributed by atoms with Crippen LogP contribution in [0, 0.1) is 10.1 Å². The van der Waals surface area contributed by atoms with Crippen molar-refractivity contribution in [1.82, 2.24) is 4.90 Å². The minimum absolute atomic E-state index is 0.0464. The number of esters is 1. The summed E-state index contributed by atoms with van der Waals surface area (Å²) >= 11 is 0. The number of nitro groups is 1. The molecule has 0 unspecified atom stereocenters. The Kier molecular flexibility index (Phi) is 5.03. The fourth-order valence-electron chi connectivity index (χ4n) is 1.89. The number of carbonyl (C=O) groups is 1. The Hall–Kier alpha value is -1.99. The van der Waals surface area contributed by atoms with Crippen molar-refractivity contribution in [1.29, 1.82) is 0 Å². The number of non-ortho nitro benzene ring substituents is 1. The molecule has 7 heteroatoms. The summed E-state index contributed by atoms with van der Waals surface area (Å²) in [7, 11) is 0. The lowest BCUT2D eigenvalue weighted by atomic mass is 10.2. The molecular formula is C13H16N2O5. The number of nitrogens with zero attached hydrogens (tertiary/aromatic N) is 2. The summed E-state index contributed by atoms with van der Waals surface area (Å²) in [4.78, 5) is 23.9. The van der Waals surface area contributed by atoms with Crippen LogP contribution in [0.4, 0.5) is 5.69 Å². The van der Waals surface area contributed by atoms with Gasteiger partial charge in [0.2, 0.25) is 0 Å². The number of carbonyl (C=O) groups excluding carboxylic acids is 1. The van der Waals surface area contributed by atoms with E-state index in [1.807, 2.05) is 0 Å². The second-order valence-corrected chi connectivity index (χ2v) is 4.39. The van der Waals surface area contributed by atoms with Crippen molar-refractivity contribution in [2.75, 3.05) is 39.5 Å². The van der Waals surface area contributed by atoms with E-state index in [1.54, 1.807) is 0 Å². The lowest BCUT2D eigenvalue weighted by Gasteiger charge is -2.26. The van der Waals surface area contributed by atoms with E-state index >= 15 is 0 Å². The van der Waals surface area contributed by atoms with Gasteiger partial charge in [0.15, 0.2) is 0 Å². The van der Waals surface area contributed by atoms with Gasteiger partial charge in [-0.15, -0.1) is 0 Å². The Labute approximate surface area is 116 Å². The third-order valence-electron chi connectivity index (χ3n) is 3.06. The lowest BCUT2D eigenvalue weighted by molar-refractivity contribution is -0.384. The zero-order valence-corrected chi connectivity index (χ0v) is 11.0. The molecule has 1 saturated heterocycles. The van der Waals surface area contributed by atoms with E-state index in [-0.39, 0.29) is 5.69 Å². The summed E-state index contributed by atoms with van der Waals surface area (Å²) in [5.74, 6) is -0.465. The first-order valence-electron chi connectivity index (χ1n) is 6.38. The van der Waals surface area contributed by atoms with Crippen LogP contribution in [-0.2, 0) is 9.47 Å². The molecule has 0 aliphatic carbocycles. The number of nitro benzene ring substituents is 1. The maximum absolute atomic E-state index is 11.7. The first-order valence-corrected chi connectivity index (χ1v) is 6.38. The van der Waals surface area contributed by atoms with Crippen molar-refractivity contribution in [3.05, 3.63) is 39.9 Å². The first kappa shape index (κ1) is 14.4. The van der Waals surface area contributed by atoms with Gasteiger partial charge in [-0.25, -0.2) is 4.79 Å². The molecule has 0 spiro atoms. The molecule has 1 aromatic carbocycles. The summed E-state index contributed by atoms with van der Waals surface area (Å²) in [5, 5.41) is 10.5. The van der Waals surface area contributed by atoms with Crippen LogP contribution in [-0.4, -0.2) is 55.2 Å². The molecule has 108 valence electrons. The minimum atomic E-state index is -0.506. The summed E-state index contributed by atoms with van der Waals surface area (Å²) < 4.78 is 10.4. The number of hydrogen-bond acceptors (Lipinski definition) is 6. The second kappa shape index (κ2) is 6.97. The Morgan fingerprint density at radius 2 is 1.95 bits per heavy atom. The van der Waals surface area contributed by atoms with Crippen LogP contribution >= 0.6 is 0 Å². The highest BCUT2D eigenvalue weighted by Gasteiger charge is 2.13. The van der Waals surface area contributed by atoms with Crippen molar-refractivity contribution >= 4 is 11.7 Å². The fraction of sp³-hybridized carbons (Fsp3) is 0.462. The van der Waals surface area contributed by atoms with Crippen molar-refractivity contribution in [2.45, 2.75) is 0 Å². The van der Waals surface area contributed by atoms with Gasteiger partial charge in [0.1, 0.15) is 6.61 Å². The minimum Gasteiger partial charge on any atom is -0.461 e. The molecule has 0 saturated carbocycles. The monoisotopic (exact) mass is 280 g/mol. The Bertz CT molecular complexity index is 468. The Morgan fingerprint density at radius 1 is 1.30 bits per heavy atom. The molecule has 2 rings (SSSR count). The predicted molar refractivity (Wildman–Crippen MR) is 70.6 cm³/mol. The first-order chi connectivity index (χ1) is 9.66. The fourth-order valence-corrected chi connectivity index (χ4v) is 1.89. The largest absolute Gasteiger partial charge is 0.461 e. The summed E-state index contributed by atoms with van der Waals surface area (Å²) in [6.45, 7) is 4.06. The van der Waals surface area contributed by atoms with Gasteiger partial charge in [0.25, 0.3) is 5.69 Å². The molecule has 0 bridgehead atoms. The van der Waals surface area contributed by atoms with E-state index in [9.17, 15) is 14.9 Å². The molecule has 1 heterocycles. The molecule has 1 aliphatic heterocycles. The van der Waals surface area contributed by atoms with E-state index < -0.39 is 10.9 Å². The maximum atomic E-state index is 11.7. The van der Waals surface area contributed by atoms with Crippen LogP contribution in [0.3, 0.4) is 0 Å². The number of rotatable bonds is 5. The quantitative estimate of drug-likeness (QED) is 0.456. The number of benzene rings is 1. The highest BCUT2D eigenvalue weighted by Crippen LogP contribution is 2.12. The van der Waals surface area contributed by atoms with Crippen LogP contribution in [0.25, 0.3) is 0 Å². The van der Waals surface area contributed by atoms with E-state index in [2.05, 4.69) is 4.90 Å². The molecule has 20 heavy (non-hydrogen) atoms. The van der Waals surface area contributed by atoms with Crippen molar-refractivity contribution < 1.29 is 19.2 Å². The number of ether oxygens (including phenoxy) is 2. The lowest BCUT2D eigenvalue weighted by Crippen LogP contribution is -2.38. The molecule has 7 nitrogen and oxygen atoms in total. The SMILES string of the molecule is O=C(OCCN1CCOCC1)c1ccc([N+](=O)[O-])cc1. The average Bonchev–Trinajstić information content (AvgIpc) is 2.48. The maximum Gasteiger partial charge on any atom is 0.338 e. The highest BCUT2D eigenvalue weighted by atomic mass is 16.6. The third-order valence-corrected chi connectivity index (χ3v) is 3.06. The van der Waals surface area contributed by atoms with E-state index in [4.69, 9.17) is 9.47 Å². The molecule has 0 N–H and O–H groups in total. The standard InChI is InChI=1S/C13H16N2O5/c16-13(11-1-3-12(4-2-11)15(17)18)20-10-7-14-5-8-19-9-6-14/h1-4H,5-10H2. The topological polar surface area (TPSA) is 81.9 Å². The van der Waals surface area contributed by atoms with Gasteiger partial charge in [-0.05, 0) is 12.1 Å². The smallest absolute Gasteiger partial charge is 0.338 e. The Balaban J connectivity index is 1.77. The molecular weight excluding hydrogens is 264 g/mol. The second-order valence-electron chi connectivity index (χ2n) is 4.39. The number of hydrogen-bond donors (Lipinski definition) is 0. The van der Waals surface area contributed by atoms with Gasteiger partial charge < -0.3 is 9.47 Å². The van der Waals surface area contributed by atoms with Gasteiger partial charge in [-0.1, -0.05) is 0 Å². The molecule has 0 aromatic heterocycles.